The van der Waals surface area contributed by atoms with E-state index in [2.05, 4.69) is 4.98 Å². The number of piperidine rings is 1. The second-order valence-electron chi connectivity index (χ2n) is 8.72. The summed E-state index contributed by atoms with van der Waals surface area (Å²) in [5, 5.41) is 10.2. The van der Waals surface area contributed by atoms with Gasteiger partial charge in [0.15, 0.2) is 0 Å². The van der Waals surface area contributed by atoms with Crippen LogP contribution in [0.2, 0.25) is 10.0 Å². The standard InChI is InChI=1S/C24H22Cl2F3N3O3/c1-12-9-19(24(27,28)29)30-21-16(12)10-14(31(21)2)11-17-18(25)4-3-15(20(17)26)22(33)32-7-5-13(6-8-32)23(34)35/h3-4,9-10,13H,5-8,11H2,1-2H3,(H,34,35). The Morgan fingerprint density at radius 1 is 1.17 bits per heavy atom. The number of likely N-dealkylation sites (tertiary alicyclic amines) is 1. The van der Waals surface area contributed by atoms with Gasteiger partial charge in [-0.05, 0) is 55.2 Å². The number of hydrogen-bond donors (Lipinski definition) is 1. The predicted octanol–water partition coefficient (Wildman–Crippen LogP) is 5.73. The second-order valence-corrected chi connectivity index (χ2v) is 9.51. The maximum absolute atomic E-state index is 13.2. The number of aliphatic carboxylic acids is 1. The van der Waals surface area contributed by atoms with Crippen LogP contribution in [0.25, 0.3) is 11.0 Å². The number of aryl methyl sites for hydroxylation is 2. The van der Waals surface area contributed by atoms with Crippen molar-refractivity contribution in [1.29, 1.82) is 0 Å². The van der Waals surface area contributed by atoms with E-state index in [1.165, 1.54) is 6.07 Å². The van der Waals surface area contributed by atoms with Gasteiger partial charge in [0, 0.05) is 42.7 Å². The quantitative estimate of drug-likeness (QED) is 0.469. The Kier molecular flexibility index (Phi) is 6.76. The monoisotopic (exact) mass is 527 g/mol. The van der Waals surface area contributed by atoms with Crippen LogP contribution in [0.4, 0.5) is 13.2 Å². The first-order valence-corrected chi connectivity index (χ1v) is 11.7. The van der Waals surface area contributed by atoms with Crippen LogP contribution in [0, 0.1) is 12.8 Å². The van der Waals surface area contributed by atoms with Gasteiger partial charge in [-0.1, -0.05) is 23.2 Å². The molecule has 1 aromatic carbocycles. The smallest absolute Gasteiger partial charge is 0.433 e. The highest BCUT2D eigenvalue weighted by molar-refractivity contribution is 6.38. The molecule has 1 fully saturated rings. The highest BCUT2D eigenvalue weighted by atomic mass is 35.5. The van der Waals surface area contributed by atoms with Crippen molar-refractivity contribution < 1.29 is 27.9 Å². The molecule has 2 aromatic heterocycles. The number of amides is 1. The van der Waals surface area contributed by atoms with E-state index in [1.54, 1.807) is 35.6 Å². The number of aromatic nitrogens is 2. The first-order valence-electron chi connectivity index (χ1n) is 10.9. The van der Waals surface area contributed by atoms with Gasteiger partial charge < -0.3 is 14.6 Å². The summed E-state index contributed by atoms with van der Waals surface area (Å²) in [7, 11) is 1.62. The van der Waals surface area contributed by atoms with Crippen molar-refractivity contribution in [2.45, 2.75) is 32.4 Å². The number of carbonyl (C=O) groups excluding carboxylic acids is 1. The lowest BCUT2D eigenvalue weighted by Gasteiger charge is -2.30. The van der Waals surface area contributed by atoms with Gasteiger partial charge in [-0.15, -0.1) is 0 Å². The summed E-state index contributed by atoms with van der Waals surface area (Å²) in [6.07, 6.45) is -3.67. The summed E-state index contributed by atoms with van der Waals surface area (Å²) in [6.45, 7) is 2.20. The molecule has 0 radical (unpaired) electrons. The van der Waals surface area contributed by atoms with Crippen molar-refractivity contribution in [3.8, 4) is 0 Å². The van der Waals surface area contributed by atoms with E-state index < -0.39 is 23.8 Å². The molecule has 1 amide bonds. The van der Waals surface area contributed by atoms with Gasteiger partial charge in [-0.25, -0.2) is 4.98 Å². The Morgan fingerprint density at radius 3 is 2.43 bits per heavy atom. The van der Waals surface area contributed by atoms with Crippen LogP contribution in [-0.2, 0) is 24.4 Å². The normalized spacial score (nSPS) is 15.1. The van der Waals surface area contributed by atoms with E-state index in [-0.39, 0.29) is 28.6 Å². The van der Waals surface area contributed by atoms with Gasteiger partial charge in [0.05, 0.1) is 16.5 Å². The summed E-state index contributed by atoms with van der Waals surface area (Å²) in [4.78, 5) is 29.7. The van der Waals surface area contributed by atoms with Crippen molar-refractivity contribution in [3.05, 3.63) is 62.4 Å². The number of fused-ring (bicyclic) bond motifs is 1. The second kappa shape index (κ2) is 9.35. The Morgan fingerprint density at radius 2 is 1.83 bits per heavy atom. The van der Waals surface area contributed by atoms with E-state index in [9.17, 15) is 27.9 Å². The largest absolute Gasteiger partial charge is 0.481 e. The van der Waals surface area contributed by atoms with Crippen molar-refractivity contribution in [1.82, 2.24) is 14.5 Å². The Labute approximate surface area is 209 Å². The number of carboxylic acid groups (broad SMARTS) is 1. The third-order valence-corrected chi connectivity index (χ3v) is 7.29. The molecule has 4 rings (SSSR count). The molecule has 186 valence electrons. The molecule has 35 heavy (non-hydrogen) atoms. The summed E-state index contributed by atoms with van der Waals surface area (Å²) >= 11 is 13.0. The molecular formula is C24H22Cl2F3N3O3. The fraction of sp³-hybridized carbons (Fsp3) is 0.375. The molecule has 1 N–H and O–H groups in total. The van der Waals surface area contributed by atoms with E-state index in [1.807, 2.05) is 0 Å². The zero-order chi connectivity index (χ0) is 25.7. The van der Waals surface area contributed by atoms with E-state index in [0.717, 1.165) is 6.07 Å². The minimum atomic E-state index is -4.57. The van der Waals surface area contributed by atoms with E-state index in [4.69, 9.17) is 23.2 Å². The lowest BCUT2D eigenvalue weighted by molar-refractivity contribution is -0.143. The summed E-state index contributed by atoms with van der Waals surface area (Å²) in [5.41, 5.74) is 1.01. The molecule has 0 spiro atoms. The molecule has 1 aliphatic heterocycles. The van der Waals surface area contributed by atoms with Crippen molar-refractivity contribution >= 4 is 46.1 Å². The number of pyridine rings is 1. The fourth-order valence-corrected chi connectivity index (χ4v) is 5.01. The minimum Gasteiger partial charge on any atom is -0.481 e. The number of benzene rings is 1. The third-order valence-electron chi connectivity index (χ3n) is 6.50. The highest BCUT2D eigenvalue weighted by Crippen LogP contribution is 2.35. The number of halogens is 5. The third kappa shape index (κ3) is 4.84. The van der Waals surface area contributed by atoms with Crippen LogP contribution in [0.15, 0.2) is 24.3 Å². The van der Waals surface area contributed by atoms with Crippen LogP contribution < -0.4 is 0 Å². The molecule has 1 aliphatic rings. The number of nitrogens with zero attached hydrogens (tertiary/aromatic N) is 3. The molecule has 3 aromatic rings. The van der Waals surface area contributed by atoms with Crippen LogP contribution in [0.3, 0.4) is 0 Å². The highest BCUT2D eigenvalue weighted by Gasteiger charge is 2.34. The van der Waals surface area contributed by atoms with Crippen molar-refractivity contribution in [2.24, 2.45) is 13.0 Å². The van der Waals surface area contributed by atoms with Gasteiger partial charge in [-0.3, -0.25) is 9.59 Å². The first-order chi connectivity index (χ1) is 16.4. The molecule has 0 aliphatic carbocycles. The maximum Gasteiger partial charge on any atom is 0.433 e. The topological polar surface area (TPSA) is 75.4 Å². The Balaban J connectivity index is 1.66. The van der Waals surface area contributed by atoms with Crippen LogP contribution in [-0.4, -0.2) is 44.5 Å². The molecule has 1 saturated heterocycles. The molecule has 0 bridgehead atoms. The van der Waals surface area contributed by atoms with Gasteiger partial charge in [0.1, 0.15) is 11.3 Å². The Bertz CT molecular complexity index is 1330. The molecule has 3 heterocycles. The fourth-order valence-electron chi connectivity index (χ4n) is 4.42. The SMILES string of the molecule is Cc1cc(C(F)(F)F)nc2c1cc(Cc1c(Cl)ccc(C(=O)N3CCC(C(=O)O)CC3)c1Cl)n2C. The Hall–Kier alpha value is -2.78. The van der Waals surface area contributed by atoms with Gasteiger partial charge >= 0.3 is 12.1 Å². The van der Waals surface area contributed by atoms with Gasteiger partial charge in [0.25, 0.3) is 5.91 Å². The van der Waals surface area contributed by atoms with E-state index >= 15 is 0 Å². The van der Waals surface area contributed by atoms with Crippen LogP contribution >= 0.6 is 23.2 Å². The number of rotatable bonds is 4. The number of carbonyl (C=O) groups is 2. The van der Waals surface area contributed by atoms with E-state index in [0.29, 0.717) is 53.2 Å². The number of hydrogen-bond acceptors (Lipinski definition) is 3. The molecule has 0 atom stereocenters. The molecular weight excluding hydrogens is 506 g/mol. The minimum absolute atomic E-state index is 0.161. The average molecular weight is 528 g/mol. The van der Waals surface area contributed by atoms with Gasteiger partial charge in [-0.2, -0.15) is 13.2 Å². The predicted molar refractivity (Wildman–Crippen MR) is 126 cm³/mol. The zero-order valence-electron chi connectivity index (χ0n) is 18.9. The molecule has 0 saturated carbocycles. The zero-order valence-corrected chi connectivity index (χ0v) is 20.4. The molecule has 6 nitrogen and oxygen atoms in total. The summed E-state index contributed by atoms with van der Waals surface area (Å²) < 4.78 is 41.3. The maximum atomic E-state index is 13.2. The van der Waals surface area contributed by atoms with Crippen LogP contribution in [0.1, 0.15) is 45.7 Å². The number of carboxylic acids is 1. The summed E-state index contributed by atoms with van der Waals surface area (Å²) in [6, 6.07) is 5.85. The first kappa shape index (κ1) is 25.3. The van der Waals surface area contributed by atoms with Crippen molar-refractivity contribution in [2.75, 3.05) is 13.1 Å². The number of alkyl halides is 3. The van der Waals surface area contributed by atoms with Crippen LogP contribution in [0.5, 0.6) is 0 Å². The molecule has 0 unspecified atom stereocenters. The summed E-state index contributed by atoms with van der Waals surface area (Å²) in [5.74, 6) is -1.66. The van der Waals surface area contributed by atoms with Gasteiger partial charge in [0.2, 0.25) is 0 Å². The lowest BCUT2D eigenvalue weighted by Crippen LogP contribution is -2.40. The lowest BCUT2D eigenvalue weighted by atomic mass is 9.96. The average Bonchev–Trinajstić information content (AvgIpc) is 3.11. The molecule has 11 heteroatoms. The van der Waals surface area contributed by atoms with Crippen molar-refractivity contribution in [3.63, 3.8) is 0 Å².